The predicted molar refractivity (Wildman–Crippen MR) is 83.1 cm³/mol. The summed E-state index contributed by atoms with van der Waals surface area (Å²) in [7, 11) is 4.37. The fraction of sp³-hybridized carbons (Fsp3) is 0.600. The molecule has 1 saturated heterocycles. The van der Waals surface area contributed by atoms with Crippen molar-refractivity contribution in [1.29, 1.82) is 0 Å². The van der Waals surface area contributed by atoms with E-state index < -0.39 is 0 Å². The maximum Gasteiger partial charge on any atom is 0.0459 e. The summed E-state index contributed by atoms with van der Waals surface area (Å²) >= 11 is 6.33. The number of likely N-dealkylation sites (tertiary alicyclic amines) is 1. The molecule has 4 heteroatoms. The molecule has 1 aliphatic heterocycles. The first-order chi connectivity index (χ1) is 9.13. The minimum atomic E-state index is 0.564. The summed E-state index contributed by atoms with van der Waals surface area (Å²) in [5.74, 6) is 0. The summed E-state index contributed by atoms with van der Waals surface area (Å²) in [6.45, 7) is 2.95. The number of piperidine rings is 1. The predicted octanol–water partition coefficient (Wildman–Crippen LogP) is 2.37. The quantitative estimate of drug-likeness (QED) is 0.920. The van der Waals surface area contributed by atoms with E-state index in [4.69, 9.17) is 17.3 Å². The Morgan fingerprint density at radius 1 is 1.47 bits per heavy atom. The highest BCUT2D eigenvalue weighted by atomic mass is 35.5. The summed E-state index contributed by atoms with van der Waals surface area (Å²) in [4.78, 5) is 4.78. The Balaban J connectivity index is 2.22. The molecule has 106 valence electrons. The van der Waals surface area contributed by atoms with Gasteiger partial charge < -0.3 is 15.5 Å². The number of rotatable bonds is 4. The Bertz CT molecular complexity index is 422. The lowest BCUT2D eigenvalue weighted by Gasteiger charge is -2.38. The number of anilines is 1. The third kappa shape index (κ3) is 3.41. The van der Waals surface area contributed by atoms with Crippen molar-refractivity contribution in [2.75, 3.05) is 38.6 Å². The van der Waals surface area contributed by atoms with Crippen molar-refractivity contribution in [3.05, 3.63) is 28.8 Å². The van der Waals surface area contributed by atoms with E-state index in [0.717, 1.165) is 18.0 Å². The molecule has 0 radical (unpaired) electrons. The van der Waals surface area contributed by atoms with Gasteiger partial charge in [-0.05, 0) is 57.1 Å². The van der Waals surface area contributed by atoms with E-state index in [-0.39, 0.29) is 0 Å². The molecule has 1 atom stereocenters. The van der Waals surface area contributed by atoms with Gasteiger partial charge in [-0.25, -0.2) is 0 Å². The maximum absolute atomic E-state index is 6.33. The van der Waals surface area contributed by atoms with E-state index in [1.807, 2.05) is 12.1 Å². The highest BCUT2D eigenvalue weighted by Crippen LogP contribution is 2.30. The van der Waals surface area contributed by atoms with Crippen molar-refractivity contribution < 1.29 is 0 Å². The van der Waals surface area contributed by atoms with Crippen molar-refractivity contribution >= 4 is 17.3 Å². The first-order valence-electron chi connectivity index (χ1n) is 7.02. The summed E-state index contributed by atoms with van der Waals surface area (Å²) in [6, 6.07) is 6.71. The van der Waals surface area contributed by atoms with E-state index >= 15 is 0 Å². The average molecular weight is 282 g/mol. The standard InChI is InChI=1S/C15H24ClN3/c1-18-10-4-5-12(11-18)19(2)15-7-3-6-14(16)13(15)8-9-17/h3,6-7,12H,4-5,8-11,17H2,1-2H3. The molecule has 1 aromatic rings. The highest BCUT2D eigenvalue weighted by Gasteiger charge is 2.23. The summed E-state index contributed by atoms with van der Waals surface area (Å²) in [6.07, 6.45) is 3.34. The molecular formula is C15H24ClN3. The van der Waals surface area contributed by atoms with E-state index in [9.17, 15) is 0 Å². The van der Waals surface area contributed by atoms with Gasteiger partial charge in [0.25, 0.3) is 0 Å². The van der Waals surface area contributed by atoms with Crippen LogP contribution in [0.25, 0.3) is 0 Å². The third-order valence-electron chi connectivity index (χ3n) is 4.02. The molecular weight excluding hydrogens is 258 g/mol. The number of nitrogens with zero attached hydrogens (tertiary/aromatic N) is 2. The number of hydrogen-bond donors (Lipinski definition) is 1. The van der Waals surface area contributed by atoms with Crippen LogP contribution >= 0.6 is 11.6 Å². The van der Waals surface area contributed by atoms with E-state index in [2.05, 4.69) is 30.0 Å². The second-order valence-corrected chi connectivity index (χ2v) is 5.85. The second kappa shape index (κ2) is 6.60. The lowest BCUT2D eigenvalue weighted by Crippen LogP contribution is -2.45. The fourth-order valence-electron chi connectivity index (χ4n) is 2.92. The minimum absolute atomic E-state index is 0.564. The van der Waals surface area contributed by atoms with Crippen LogP contribution in [0.15, 0.2) is 18.2 Å². The van der Waals surface area contributed by atoms with Gasteiger partial charge in [-0.3, -0.25) is 0 Å². The van der Waals surface area contributed by atoms with Gasteiger partial charge in [0.1, 0.15) is 0 Å². The van der Waals surface area contributed by atoms with Crippen LogP contribution in [0.4, 0.5) is 5.69 Å². The van der Waals surface area contributed by atoms with Crippen LogP contribution in [0, 0.1) is 0 Å². The summed E-state index contributed by atoms with van der Waals surface area (Å²) in [5, 5.41) is 0.832. The third-order valence-corrected chi connectivity index (χ3v) is 4.37. The largest absolute Gasteiger partial charge is 0.370 e. The molecule has 2 N–H and O–H groups in total. The zero-order chi connectivity index (χ0) is 13.8. The van der Waals surface area contributed by atoms with Crippen molar-refractivity contribution in [2.45, 2.75) is 25.3 Å². The van der Waals surface area contributed by atoms with Gasteiger partial charge in [0.05, 0.1) is 0 Å². The molecule has 1 unspecified atom stereocenters. The van der Waals surface area contributed by atoms with Gasteiger partial charge >= 0.3 is 0 Å². The average Bonchev–Trinajstić information content (AvgIpc) is 2.40. The summed E-state index contributed by atoms with van der Waals surface area (Å²) in [5.41, 5.74) is 8.13. The number of halogens is 1. The molecule has 19 heavy (non-hydrogen) atoms. The molecule has 0 saturated carbocycles. The molecule has 0 bridgehead atoms. The molecule has 0 spiro atoms. The van der Waals surface area contributed by atoms with Gasteiger partial charge in [-0.15, -0.1) is 0 Å². The Hall–Kier alpha value is -0.770. The van der Waals surface area contributed by atoms with E-state index in [0.29, 0.717) is 12.6 Å². The monoisotopic (exact) mass is 281 g/mol. The van der Waals surface area contributed by atoms with Crippen molar-refractivity contribution in [1.82, 2.24) is 4.90 Å². The lowest BCUT2D eigenvalue weighted by molar-refractivity contribution is 0.248. The molecule has 2 rings (SSSR count). The Labute approximate surface area is 121 Å². The first kappa shape index (κ1) is 14.6. The molecule has 0 amide bonds. The molecule has 0 aliphatic carbocycles. The van der Waals surface area contributed by atoms with Crippen molar-refractivity contribution in [2.24, 2.45) is 5.73 Å². The fourth-order valence-corrected chi connectivity index (χ4v) is 3.19. The molecule has 1 aromatic carbocycles. The van der Waals surface area contributed by atoms with Crippen LogP contribution in [-0.2, 0) is 6.42 Å². The smallest absolute Gasteiger partial charge is 0.0459 e. The zero-order valence-electron chi connectivity index (χ0n) is 11.9. The van der Waals surface area contributed by atoms with Crippen LogP contribution < -0.4 is 10.6 Å². The van der Waals surface area contributed by atoms with E-state index in [1.165, 1.54) is 30.6 Å². The van der Waals surface area contributed by atoms with Gasteiger partial charge in [0.2, 0.25) is 0 Å². The number of benzene rings is 1. The Morgan fingerprint density at radius 2 is 2.26 bits per heavy atom. The van der Waals surface area contributed by atoms with Crippen LogP contribution in [0.2, 0.25) is 5.02 Å². The van der Waals surface area contributed by atoms with E-state index in [1.54, 1.807) is 0 Å². The number of nitrogens with two attached hydrogens (primary N) is 1. The van der Waals surface area contributed by atoms with Crippen LogP contribution in [0.3, 0.4) is 0 Å². The zero-order valence-corrected chi connectivity index (χ0v) is 12.7. The summed E-state index contributed by atoms with van der Waals surface area (Å²) < 4.78 is 0. The lowest BCUT2D eigenvalue weighted by atomic mass is 10.0. The van der Waals surface area contributed by atoms with Crippen molar-refractivity contribution in [3.8, 4) is 0 Å². The molecule has 1 heterocycles. The highest BCUT2D eigenvalue weighted by molar-refractivity contribution is 6.31. The Kier molecular flexibility index (Phi) is 5.08. The number of hydrogen-bond acceptors (Lipinski definition) is 3. The maximum atomic E-state index is 6.33. The van der Waals surface area contributed by atoms with Crippen molar-refractivity contribution in [3.63, 3.8) is 0 Å². The van der Waals surface area contributed by atoms with Crippen LogP contribution in [0.1, 0.15) is 18.4 Å². The minimum Gasteiger partial charge on any atom is -0.370 e. The van der Waals surface area contributed by atoms with Crippen LogP contribution in [0.5, 0.6) is 0 Å². The normalized spacial score (nSPS) is 20.5. The topological polar surface area (TPSA) is 32.5 Å². The van der Waals surface area contributed by atoms with Gasteiger partial charge in [0.15, 0.2) is 0 Å². The van der Waals surface area contributed by atoms with Crippen LogP contribution in [-0.4, -0.2) is 44.7 Å². The van der Waals surface area contributed by atoms with Gasteiger partial charge in [0, 0.05) is 30.3 Å². The van der Waals surface area contributed by atoms with Gasteiger partial charge in [-0.2, -0.15) is 0 Å². The molecule has 3 nitrogen and oxygen atoms in total. The molecule has 1 fully saturated rings. The SMILES string of the molecule is CN1CCCC(N(C)c2cccc(Cl)c2CCN)C1. The van der Waals surface area contributed by atoms with Gasteiger partial charge in [-0.1, -0.05) is 17.7 Å². The molecule has 1 aliphatic rings. The molecule has 0 aromatic heterocycles. The second-order valence-electron chi connectivity index (χ2n) is 5.45. The Morgan fingerprint density at radius 3 is 2.95 bits per heavy atom. The number of likely N-dealkylation sites (N-methyl/N-ethyl adjacent to an activating group) is 2. The first-order valence-corrected chi connectivity index (χ1v) is 7.40.